The van der Waals surface area contributed by atoms with Crippen molar-refractivity contribution < 1.29 is 44.6 Å². The molecule has 0 N–H and O–H groups in total. The summed E-state index contributed by atoms with van der Waals surface area (Å²) in [6, 6.07) is 3.80. The van der Waals surface area contributed by atoms with Gasteiger partial charge in [0.15, 0.2) is 11.6 Å². The van der Waals surface area contributed by atoms with Crippen LogP contribution in [0, 0.1) is 23.4 Å². The van der Waals surface area contributed by atoms with Crippen LogP contribution < -0.4 is 9.47 Å². The molecule has 1 aliphatic carbocycles. The van der Waals surface area contributed by atoms with Gasteiger partial charge < -0.3 is 9.47 Å². The zero-order valence-electron chi connectivity index (χ0n) is 17.6. The molecule has 3 rings (SSSR count). The SMILES string of the molecule is CC1CCC(c2cc(F)c(CCC(F)(F)Oc3ccc(OC(F)(F)F)c(F)c3)c(F)c2)CC1. The average Bonchev–Trinajstić information content (AvgIpc) is 2.68. The maximum absolute atomic E-state index is 14.5. The third kappa shape index (κ3) is 6.98. The van der Waals surface area contributed by atoms with Crippen molar-refractivity contribution >= 4 is 0 Å². The van der Waals surface area contributed by atoms with Crippen molar-refractivity contribution in [1.82, 2.24) is 0 Å². The van der Waals surface area contributed by atoms with Crippen LogP contribution in [-0.2, 0) is 6.42 Å². The molecule has 1 saturated carbocycles. The maximum atomic E-state index is 14.5. The quantitative estimate of drug-likeness (QED) is 0.374. The second-order valence-electron chi connectivity index (χ2n) is 8.30. The fraction of sp³-hybridized carbons (Fsp3) is 0.478. The predicted octanol–water partition coefficient (Wildman–Crippen LogP) is 7.90. The van der Waals surface area contributed by atoms with E-state index in [1.54, 1.807) is 0 Å². The van der Waals surface area contributed by atoms with E-state index < -0.39 is 59.8 Å². The summed E-state index contributed by atoms with van der Waals surface area (Å²) in [6.07, 6.45) is -7.47. The zero-order valence-corrected chi connectivity index (χ0v) is 17.6. The van der Waals surface area contributed by atoms with E-state index in [-0.39, 0.29) is 5.92 Å². The van der Waals surface area contributed by atoms with Crippen molar-refractivity contribution in [3.05, 3.63) is 58.9 Å². The van der Waals surface area contributed by atoms with Gasteiger partial charge in [0, 0.05) is 11.6 Å². The highest BCUT2D eigenvalue weighted by Gasteiger charge is 2.35. The lowest BCUT2D eigenvalue weighted by molar-refractivity contribution is -0.275. The molecule has 0 atom stereocenters. The molecule has 0 bridgehead atoms. The first-order chi connectivity index (χ1) is 15.3. The number of rotatable bonds is 7. The molecule has 10 heteroatoms. The topological polar surface area (TPSA) is 18.5 Å². The normalized spacial score (nSPS) is 19.4. The Morgan fingerprint density at radius 1 is 0.818 bits per heavy atom. The first-order valence-corrected chi connectivity index (χ1v) is 10.4. The van der Waals surface area contributed by atoms with Crippen LogP contribution in [0.25, 0.3) is 0 Å². The summed E-state index contributed by atoms with van der Waals surface area (Å²) in [7, 11) is 0. The standard InChI is InChI=1S/C23H22F8O2/c1-13-2-4-14(5-3-13)15-10-18(24)17(19(25)11-15)8-9-22(27,28)32-16-6-7-21(20(26)12-16)33-23(29,30)31/h6-7,10-14H,2-5,8-9H2,1H3. The van der Waals surface area contributed by atoms with Gasteiger partial charge in [0.25, 0.3) is 0 Å². The molecule has 0 unspecified atom stereocenters. The van der Waals surface area contributed by atoms with E-state index >= 15 is 0 Å². The number of benzene rings is 2. The minimum absolute atomic E-state index is 0.0169. The van der Waals surface area contributed by atoms with Crippen LogP contribution in [0.15, 0.2) is 30.3 Å². The Morgan fingerprint density at radius 3 is 1.97 bits per heavy atom. The molecule has 0 radical (unpaired) electrons. The van der Waals surface area contributed by atoms with Crippen molar-refractivity contribution in [3.63, 3.8) is 0 Å². The lowest BCUT2D eigenvalue weighted by atomic mass is 9.79. The first-order valence-electron chi connectivity index (χ1n) is 10.4. The number of alkyl halides is 5. The molecule has 0 aromatic heterocycles. The minimum Gasteiger partial charge on any atom is -0.432 e. The van der Waals surface area contributed by atoms with Gasteiger partial charge in [-0.25, -0.2) is 13.2 Å². The summed E-state index contributed by atoms with van der Waals surface area (Å²) >= 11 is 0. The Balaban J connectivity index is 1.64. The van der Waals surface area contributed by atoms with Gasteiger partial charge in [-0.1, -0.05) is 19.8 Å². The molecular weight excluding hydrogens is 460 g/mol. The van der Waals surface area contributed by atoms with Crippen molar-refractivity contribution in [2.24, 2.45) is 5.92 Å². The van der Waals surface area contributed by atoms with Crippen molar-refractivity contribution in [2.75, 3.05) is 0 Å². The Morgan fingerprint density at radius 2 is 1.42 bits per heavy atom. The Bertz CT molecular complexity index is 942. The van der Waals surface area contributed by atoms with Crippen LogP contribution in [0.5, 0.6) is 11.5 Å². The van der Waals surface area contributed by atoms with Gasteiger partial charge in [0.1, 0.15) is 17.4 Å². The van der Waals surface area contributed by atoms with Gasteiger partial charge in [-0.15, -0.1) is 13.2 Å². The third-order valence-corrected chi connectivity index (χ3v) is 5.71. The number of hydrogen-bond donors (Lipinski definition) is 0. The molecule has 1 aliphatic rings. The number of hydrogen-bond acceptors (Lipinski definition) is 2. The summed E-state index contributed by atoms with van der Waals surface area (Å²) in [5.74, 6) is -4.84. The van der Waals surface area contributed by atoms with Gasteiger partial charge in [0.05, 0.1) is 6.42 Å². The molecule has 1 fully saturated rings. The molecule has 0 saturated heterocycles. The Hall–Kier alpha value is -2.52. The van der Waals surface area contributed by atoms with Gasteiger partial charge in [0.2, 0.25) is 0 Å². The van der Waals surface area contributed by atoms with Crippen LogP contribution in [-0.4, -0.2) is 12.5 Å². The number of ether oxygens (including phenoxy) is 2. The largest absolute Gasteiger partial charge is 0.573 e. The highest BCUT2D eigenvalue weighted by molar-refractivity contribution is 5.33. The summed E-state index contributed by atoms with van der Waals surface area (Å²) < 4.78 is 115. The van der Waals surface area contributed by atoms with E-state index in [1.165, 1.54) is 12.1 Å². The molecule has 2 nitrogen and oxygen atoms in total. The average molecular weight is 482 g/mol. The second-order valence-corrected chi connectivity index (χ2v) is 8.30. The first kappa shape index (κ1) is 25.1. The van der Waals surface area contributed by atoms with E-state index in [0.29, 0.717) is 29.7 Å². The van der Waals surface area contributed by atoms with Gasteiger partial charge in [-0.3, -0.25) is 0 Å². The highest BCUT2D eigenvalue weighted by Crippen LogP contribution is 2.37. The zero-order chi connectivity index (χ0) is 24.4. The fourth-order valence-electron chi connectivity index (χ4n) is 3.94. The van der Waals surface area contributed by atoms with Crippen molar-refractivity contribution in [2.45, 2.75) is 63.8 Å². The Labute approximate surface area is 185 Å². The van der Waals surface area contributed by atoms with Crippen LogP contribution in [0.3, 0.4) is 0 Å². The molecule has 33 heavy (non-hydrogen) atoms. The van der Waals surface area contributed by atoms with Gasteiger partial charge >= 0.3 is 12.5 Å². The molecule has 0 spiro atoms. The molecule has 182 valence electrons. The summed E-state index contributed by atoms with van der Waals surface area (Å²) in [4.78, 5) is 0. The van der Waals surface area contributed by atoms with Gasteiger partial charge in [-0.05, 0) is 60.9 Å². The molecule has 0 aliphatic heterocycles. The second kappa shape index (κ2) is 9.77. The summed E-state index contributed by atoms with van der Waals surface area (Å²) in [5.41, 5.74) is -0.0217. The maximum Gasteiger partial charge on any atom is 0.573 e. The van der Waals surface area contributed by atoms with Crippen LogP contribution >= 0.6 is 0 Å². The number of halogens is 8. The minimum atomic E-state index is -5.16. The smallest absolute Gasteiger partial charge is 0.432 e. The van der Waals surface area contributed by atoms with E-state index in [9.17, 15) is 35.1 Å². The van der Waals surface area contributed by atoms with E-state index in [2.05, 4.69) is 16.4 Å². The van der Waals surface area contributed by atoms with Gasteiger partial charge in [-0.2, -0.15) is 8.78 Å². The molecule has 2 aromatic carbocycles. The van der Waals surface area contributed by atoms with E-state index in [4.69, 9.17) is 0 Å². The lowest BCUT2D eigenvalue weighted by Gasteiger charge is -2.27. The highest BCUT2D eigenvalue weighted by atomic mass is 19.4. The lowest BCUT2D eigenvalue weighted by Crippen LogP contribution is -2.26. The molecule has 0 amide bonds. The predicted molar refractivity (Wildman–Crippen MR) is 104 cm³/mol. The van der Waals surface area contributed by atoms with E-state index in [0.717, 1.165) is 25.7 Å². The molecular formula is C23H22F8O2. The summed E-state index contributed by atoms with van der Waals surface area (Å²) in [5, 5.41) is 0. The van der Waals surface area contributed by atoms with E-state index in [1.807, 2.05) is 0 Å². The Kier molecular flexibility index (Phi) is 7.43. The van der Waals surface area contributed by atoms with Crippen molar-refractivity contribution in [1.29, 1.82) is 0 Å². The van der Waals surface area contributed by atoms with Crippen molar-refractivity contribution in [3.8, 4) is 11.5 Å². The molecule has 2 aromatic rings. The molecule has 0 heterocycles. The monoisotopic (exact) mass is 482 g/mol. The summed E-state index contributed by atoms with van der Waals surface area (Å²) in [6.45, 7) is 2.11. The van der Waals surface area contributed by atoms with Crippen LogP contribution in [0.4, 0.5) is 35.1 Å². The third-order valence-electron chi connectivity index (χ3n) is 5.71. The fourth-order valence-corrected chi connectivity index (χ4v) is 3.94. The van der Waals surface area contributed by atoms with Crippen LogP contribution in [0.2, 0.25) is 0 Å². The van der Waals surface area contributed by atoms with Crippen LogP contribution in [0.1, 0.15) is 56.1 Å².